The Balaban J connectivity index is 1.65. The fourth-order valence-corrected chi connectivity index (χ4v) is 3.49. The minimum atomic E-state index is -0.0561. The van der Waals surface area contributed by atoms with Crippen molar-refractivity contribution in [1.82, 2.24) is 5.32 Å². The van der Waals surface area contributed by atoms with E-state index in [1.807, 2.05) is 31.2 Å². The molecule has 1 aromatic carbocycles. The highest BCUT2D eigenvalue weighted by atomic mass is 32.1. The number of hydrogen-bond donors (Lipinski definition) is 1. The van der Waals surface area contributed by atoms with Gasteiger partial charge in [-0.1, -0.05) is 32.0 Å². The van der Waals surface area contributed by atoms with Crippen molar-refractivity contribution in [3.05, 3.63) is 58.0 Å². The number of aryl methyl sites for hydroxylation is 1. The zero-order valence-electron chi connectivity index (χ0n) is 13.7. The van der Waals surface area contributed by atoms with Gasteiger partial charge in [0.1, 0.15) is 5.58 Å². The summed E-state index contributed by atoms with van der Waals surface area (Å²) >= 11 is 1.72. The van der Waals surface area contributed by atoms with E-state index in [4.69, 9.17) is 4.42 Å². The quantitative estimate of drug-likeness (QED) is 0.753. The van der Waals surface area contributed by atoms with E-state index < -0.39 is 0 Å². The summed E-state index contributed by atoms with van der Waals surface area (Å²) in [6.45, 7) is 6.95. The Hall–Kier alpha value is -2.07. The van der Waals surface area contributed by atoms with Crippen molar-refractivity contribution in [1.29, 1.82) is 0 Å². The van der Waals surface area contributed by atoms with E-state index in [-0.39, 0.29) is 11.3 Å². The molecule has 23 heavy (non-hydrogen) atoms. The van der Waals surface area contributed by atoms with Crippen LogP contribution in [0.3, 0.4) is 0 Å². The summed E-state index contributed by atoms with van der Waals surface area (Å²) in [4.78, 5) is 13.6. The van der Waals surface area contributed by atoms with Gasteiger partial charge >= 0.3 is 0 Å². The van der Waals surface area contributed by atoms with Crippen LogP contribution in [-0.4, -0.2) is 12.5 Å². The van der Waals surface area contributed by atoms with Crippen molar-refractivity contribution in [2.75, 3.05) is 6.54 Å². The van der Waals surface area contributed by atoms with Gasteiger partial charge in [0.25, 0.3) is 0 Å². The third-order valence-corrected chi connectivity index (χ3v) is 5.31. The molecule has 0 aliphatic heterocycles. The number of furan rings is 1. The Labute approximate surface area is 140 Å². The first-order valence-electron chi connectivity index (χ1n) is 7.73. The summed E-state index contributed by atoms with van der Waals surface area (Å²) in [5, 5.41) is 6.14. The van der Waals surface area contributed by atoms with Gasteiger partial charge in [-0.05, 0) is 30.0 Å². The molecule has 0 atom stereocenters. The second-order valence-electron chi connectivity index (χ2n) is 6.58. The molecule has 0 radical (unpaired) electrons. The van der Waals surface area contributed by atoms with Crippen molar-refractivity contribution in [3.63, 3.8) is 0 Å². The van der Waals surface area contributed by atoms with E-state index in [9.17, 15) is 4.79 Å². The van der Waals surface area contributed by atoms with E-state index >= 15 is 0 Å². The second kappa shape index (κ2) is 6.20. The highest BCUT2D eigenvalue weighted by molar-refractivity contribution is 7.10. The molecule has 1 N–H and O–H groups in total. The lowest BCUT2D eigenvalue weighted by Crippen LogP contribution is -2.36. The van der Waals surface area contributed by atoms with Gasteiger partial charge in [-0.25, -0.2) is 0 Å². The zero-order chi connectivity index (χ0) is 16.4. The van der Waals surface area contributed by atoms with Crippen LogP contribution in [0.1, 0.15) is 29.9 Å². The fraction of sp³-hybridized carbons (Fsp3) is 0.316. The highest BCUT2D eigenvalue weighted by Crippen LogP contribution is 2.27. The first kappa shape index (κ1) is 15.8. The predicted molar refractivity (Wildman–Crippen MR) is 95.0 cm³/mol. The molecule has 120 valence electrons. The SMILES string of the molecule is Cc1ccc2c(CC(=O)NCC(C)(C)c3cccs3)coc2c1. The Bertz CT molecular complexity index is 815. The molecule has 3 nitrogen and oxygen atoms in total. The molecule has 0 unspecified atom stereocenters. The number of carbonyl (C=O) groups excluding carboxylic acids is 1. The van der Waals surface area contributed by atoms with Crippen molar-refractivity contribution in [3.8, 4) is 0 Å². The monoisotopic (exact) mass is 327 g/mol. The van der Waals surface area contributed by atoms with Crippen molar-refractivity contribution in [2.24, 2.45) is 0 Å². The third-order valence-electron chi connectivity index (χ3n) is 4.08. The molecule has 2 heterocycles. The Morgan fingerprint density at radius 1 is 1.30 bits per heavy atom. The van der Waals surface area contributed by atoms with Gasteiger partial charge in [-0.2, -0.15) is 0 Å². The van der Waals surface area contributed by atoms with Gasteiger partial charge in [0.05, 0.1) is 12.7 Å². The van der Waals surface area contributed by atoms with Gasteiger partial charge < -0.3 is 9.73 Å². The highest BCUT2D eigenvalue weighted by Gasteiger charge is 2.22. The molecule has 0 aliphatic carbocycles. The van der Waals surface area contributed by atoms with Gasteiger partial charge in [0.15, 0.2) is 0 Å². The lowest BCUT2D eigenvalue weighted by Gasteiger charge is -2.23. The molecule has 2 aromatic heterocycles. The van der Waals surface area contributed by atoms with Crippen LogP contribution >= 0.6 is 11.3 Å². The van der Waals surface area contributed by atoms with Crippen LogP contribution in [-0.2, 0) is 16.6 Å². The van der Waals surface area contributed by atoms with Crippen LogP contribution in [0.5, 0.6) is 0 Å². The summed E-state index contributed by atoms with van der Waals surface area (Å²) in [6.07, 6.45) is 2.03. The fourth-order valence-electron chi connectivity index (χ4n) is 2.63. The number of amides is 1. The minimum Gasteiger partial charge on any atom is -0.464 e. The Morgan fingerprint density at radius 3 is 2.87 bits per heavy atom. The average Bonchev–Trinajstić information content (AvgIpc) is 3.16. The van der Waals surface area contributed by atoms with Crippen LogP contribution in [0.15, 0.2) is 46.4 Å². The van der Waals surface area contributed by atoms with Gasteiger partial charge in [-0.3, -0.25) is 4.79 Å². The standard InChI is InChI=1S/C19H21NO2S/c1-13-6-7-15-14(11-22-16(15)9-13)10-18(21)20-12-19(2,3)17-5-4-8-23-17/h4-9,11H,10,12H2,1-3H3,(H,20,21). The maximum atomic E-state index is 12.3. The number of benzene rings is 1. The lowest BCUT2D eigenvalue weighted by molar-refractivity contribution is -0.120. The van der Waals surface area contributed by atoms with Crippen molar-refractivity contribution < 1.29 is 9.21 Å². The van der Waals surface area contributed by atoms with Crippen LogP contribution in [0.4, 0.5) is 0 Å². The molecule has 0 saturated carbocycles. The molecular formula is C19H21NO2S. The molecule has 3 aromatic rings. The number of nitrogens with one attached hydrogen (secondary N) is 1. The van der Waals surface area contributed by atoms with E-state index in [2.05, 4.69) is 30.6 Å². The van der Waals surface area contributed by atoms with Crippen molar-refractivity contribution >= 4 is 28.2 Å². The predicted octanol–water partition coefficient (Wildman–Crippen LogP) is 4.44. The maximum Gasteiger partial charge on any atom is 0.224 e. The van der Waals surface area contributed by atoms with Crippen LogP contribution in [0.2, 0.25) is 0 Å². The molecule has 1 amide bonds. The zero-order valence-corrected chi connectivity index (χ0v) is 14.5. The molecule has 3 rings (SSSR count). The number of thiophene rings is 1. The van der Waals surface area contributed by atoms with Crippen LogP contribution in [0, 0.1) is 6.92 Å². The average molecular weight is 327 g/mol. The number of hydrogen-bond acceptors (Lipinski definition) is 3. The molecule has 0 bridgehead atoms. The molecule has 4 heteroatoms. The lowest BCUT2D eigenvalue weighted by atomic mass is 9.91. The minimum absolute atomic E-state index is 0.0258. The topological polar surface area (TPSA) is 42.2 Å². The van der Waals surface area contributed by atoms with Gasteiger partial charge in [0.2, 0.25) is 5.91 Å². The molecule has 0 spiro atoms. The Kier molecular flexibility index (Phi) is 4.26. The van der Waals surface area contributed by atoms with Crippen molar-refractivity contribution in [2.45, 2.75) is 32.6 Å². The maximum absolute atomic E-state index is 12.3. The van der Waals surface area contributed by atoms with E-state index in [1.54, 1.807) is 17.6 Å². The second-order valence-corrected chi connectivity index (χ2v) is 7.52. The number of carbonyl (C=O) groups is 1. The number of fused-ring (bicyclic) bond motifs is 1. The normalized spacial score (nSPS) is 11.8. The summed E-state index contributed by atoms with van der Waals surface area (Å²) in [6, 6.07) is 10.2. The molecule has 0 saturated heterocycles. The van der Waals surface area contributed by atoms with Gasteiger partial charge in [0, 0.05) is 27.8 Å². The summed E-state index contributed by atoms with van der Waals surface area (Å²) in [7, 11) is 0. The van der Waals surface area contributed by atoms with E-state index in [1.165, 1.54) is 4.88 Å². The largest absolute Gasteiger partial charge is 0.464 e. The van der Waals surface area contributed by atoms with Crippen LogP contribution < -0.4 is 5.32 Å². The summed E-state index contributed by atoms with van der Waals surface area (Å²) < 4.78 is 5.56. The van der Waals surface area contributed by atoms with E-state index in [0.29, 0.717) is 13.0 Å². The summed E-state index contributed by atoms with van der Waals surface area (Å²) in [5.41, 5.74) is 2.87. The third kappa shape index (κ3) is 3.48. The van der Waals surface area contributed by atoms with E-state index in [0.717, 1.165) is 22.1 Å². The first-order valence-corrected chi connectivity index (χ1v) is 8.61. The number of rotatable bonds is 5. The summed E-state index contributed by atoms with van der Waals surface area (Å²) in [5.74, 6) is 0.0258. The molecule has 0 fully saturated rings. The Morgan fingerprint density at radius 2 is 2.13 bits per heavy atom. The smallest absolute Gasteiger partial charge is 0.224 e. The van der Waals surface area contributed by atoms with Crippen LogP contribution in [0.25, 0.3) is 11.0 Å². The first-order chi connectivity index (χ1) is 11.0. The molecule has 0 aliphatic rings. The van der Waals surface area contributed by atoms with Gasteiger partial charge in [-0.15, -0.1) is 11.3 Å². The molecular weight excluding hydrogens is 306 g/mol.